The molecule has 2 N–H and O–H groups in total. The number of nitrogens with two attached hydrogens (primary N) is 1. The van der Waals surface area contributed by atoms with Crippen LogP contribution >= 0.6 is 0 Å². The first-order chi connectivity index (χ1) is 18.6. The van der Waals surface area contributed by atoms with Crippen molar-refractivity contribution in [1.29, 1.82) is 5.26 Å². The van der Waals surface area contributed by atoms with Gasteiger partial charge < -0.3 is 10.2 Å². The number of amides is 1. The second kappa shape index (κ2) is 8.24. The fraction of sp³-hybridized carbons (Fsp3) is 0.688. The molecule has 8 heteroatoms. The molecule has 5 aliphatic rings. The zero-order valence-electron chi connectivity index (χ0n) is 24.5. The summed E-state index contributed by atoms with van der Waals surface area (Å²) in [5.41, 5.74) is 4.97. The van der Waals surface area contributed by atoms with Gasteiger partial charge in [0.25, 0.3) is 0 Å². The Morgan fingerprint density at radius 1 is 1.05 bits per heavy atom. The van der Waals surface area contributed by atoms with Gasteiger partial charge >= 0.3 is 11.8 Å². The van der Waals surface area contributed by atoms with Gasteiger partial charge in [0.2, 0.25) is 5.89 Å². The average Bonchev–Trinajstić information content (AvgIpc) is 3.39. The van der Waals surface area contributed by atoms with E-state index < -0.39 is 16.7 Å². The summed E-state index contributed by atoms with van der Waals surface area (Å²) in [5, 5.41) is 17.9. The number of rotatable bonds is 2. The Bertz CT molecular complexity index is 1450. The summed E-state index contributed by atoms with van der Waals surface area (Å²) >= 11 is 0. The topological polar surface area (TPSA) is 140 Å². The van der Waals surface area contributed by atoms with Crippen molar-refractivity contribution in [2.45, 2.75) is 92.4 Å². The first kappa shape index (κ1) is 27.1. The van der Waals surface area contributed by atoms with E-state index in [1.807, 2.05) is 26.0 Å². The first-order valence-corrected chi connectivity index (χ1v) is 14.7. The number of Topliss-reactive ketones (excluding diaryl/α,β-unsaturated/α-hetero) is 1. The van der Waals surface area contributed by atoms with Gasteiger partial charge in [-0.25, -0.2) is 0 Å². The highest BCUT2D eigenvalue weighted by atomic mass is 16.4. The van der Waals surface area contributed by atoms with Crippen molar-refractivity contribution in [2.75, 3.05) is 0 Å². The lowest BCUT2D eigenvalue weighted by Gasteiger charge is -2.68. The van der Waals surface area contributed by atoms with Gasteiger partial charge in [0.15, 0.2) is 11.6 Å². The Balaban J connectivity index is 1.44. The molecule has 3 saturated carbocycles. The lowest BCUT2D eigenvalue weighted by Crippen LogP contribution is -2.64. The van der Waals surface area contributed by atoms with Crippen molar-refractivity contribution in [3.63, 3.8) is 0 Å². The molecular formula is C32H40N4O4. The molecule has 8 atom stereocenters. The highest BCUT2D eigenvalue weighted by Gasteiger charge is 2.69. The predicted molar refractivity (Wildman–Crippen MR) is 146 cm³/mol. The van der Waals surface area contributed by atoms with Crippen LogP contribution in [0.3, 0.4) is 0 Å². The molecule has 0 radical (unpaired) electrons. The van der Waals surface area contributed by atoms with Gasteiger partial charge in [0.05, 0.1) is 5.57 Å². The number of fused-ring (bicyclic) bond motifs is 7. The molecule has 1 amide bonds. The molecule has 1 aromatic rings. The van der Waals surface area contributed by atoms with Gasteiger partial charge in [-0.2, -0.15) is 5.26 Å². The summed E-state index contributed by atoms with van der Waals surface area (Å²) in [7, 11) is 0. The Kier molecular flexibility index (Phi) is 5.58. The number of allylic oxidation sites excluding steroid dienone is 4. The number of aromatic nitrogens is 2. The Morgan fingerprint density at radius 3 is 2.42 bits per heavy atom. The Hall–Kier alpha value is -3.08. The third-order valence-corrected chi connectivity index (χ3v) is 12.8. The van der Waals surface area contributed by atoms with E-state index >= 15 is 0 Å². The maximum atomic E-state index is 14.4. The monoisotopic (exact) mass is 544 g/mol. The molecule has 6 rings (SSSR count). The third kappa shape index (κ3) is 3.27. The summed E-state index contributed by atoms with van der Waals surface area (Å²) in [4.78, 5) is 39.2. The minimum atomic E-state index is -0.733. The zero-order valence-corrected chi connectivity index (χ0v) is 24.5. The summed E-state index contributed by atoms with van der Waals surface area (Å²) in [6.07, 6.45) is 10.2. The predicted octanol–water partition coefficient (Wildman–Crippen LogP) is 5.47. The molecule has 0 bridgehead atoms. The average molecular weight is 545 g/mol. The van der Waals surface area contributed by atoms with E-state index in [1.165, 1.54) is 0 Å². The van der Waals surface area contributed by atoms with Gasteiger partial charge in [-0.1, -0.05) is 53.2 Å². The van der Waals surface area contributed by atoms with Gasteiger partial charge in [0.1, 0.15) is 6.07 Å². The molecular weight excluding hydrogens is 504 g/mol. The second-order valence-corrected chi connectivity index (χ2v) is 14.8. The number of nitrogens with zero attached hydrogens (tertiary/aromatic N) is 3. The number of ketones is 2. The van der Waals surface area contributed by atoms with E-state index in [2.05, 4.69) is 44.0 Å². The molecule has 1 heterocycles. The maximum absolute atomic E-state index is 14.4. The smallest absolute Gasteiger partial charge is 0.306 e. The second-order valence-electron chi connectivity index (χ2n) is 14.8. The number of hydrogen-bond donors (Lipinski definition) is 1. The minimum Gasteiger partial charge on any atom is -0.417 e. The van der Waals surface area contributed by atoms with Gasteiger partial charge in [0, 0.05) is 22.7 Å². The van der Waals surface area contributed by atoms with E-state index in [9.17, 15) is 19.6 Å². The van der Waals surface area contributed by atoms with Crippen LogP contribution in [-0.4, -0.2) is 27.7 Å². The molecule has 8 nitrogen and oxygen atoms in total. The lowest BCUT2D eigenvalue weighted by atomic mass is 9.34. The summed E-state index contributed by atoms with van der Waals surface area (Å²) in [6.45, 7) is 13.1. The van der Waals surface area contributed by atoms with Crippen LogP contribution in [0.4, 0.5) is 0 Å². The fourth-order valence-corrected chi connectivity index (χ4v) is 10.3. The number of primary amides is 1. The quantitative estimate of drug-likeness (QED) is 0.521. The highest BCUT2D eigenvalue weighted by Crippen LogP contribution is 2.74. The maximum Gasteiger partial charge on any atom is 0.306 e. The summed E-state index contributed by atoms with van der Waals surface area (Å²) in [5.74, 6) is -0.403. The molecule has 1 aromatic heterocycles. The Morgan fingerprint density at radius 2 is 1.77 bits per heavy atom. The largest absolute Gasteiger partial charge is 0.417 e. The van der Waals surface area contributed by atoms with Crippen LogP contribution in [0.25, 0.3) is 0 Å². The standard InChI is InChI=1S/C32H40N4O4/c1-28(2)21-8-10-31(5)22(30(21,4)15-18(16-33)24(28)38)14-20(37)23-19-13-17(26-35-36-27(40-26)25(34)39)7-9-29(19,3)11-12-32(23,31)6/h14-15,17,19,21,23H,7-13H2,1-6H3,(H2,34,39)/t17?,19?,21?,23?,29?,30?,31?,32-/m1/s1. The van der Waals surface area contributed by atoms with Crippen molar-refractivity contribution >= 4 is 17.5 Å². The summed E-state index contributed by atoms with van der Waals surface area (Å²) in [6, 6.07) is 2.17. The Labute approximate surface area is 235 Å². The zero-order chi connectivity index (χ0) is 29.0. The molecule has 0 aliphatic heterocycles. The normalized spacial score (nSPS) is 43.7. The van der Waals surface area contributed by atoms with Crippen LogP contribution in [0.5, 0.6) is 0 Å². The van der Waals surface area contributed by atoms with E-state index in [1.54, 1.807) is 0 Å². The summed E-state index contributed by atoms with van der Waals surface area (Å²) < 4.78 is 5.66. The van der Waals surface area contributed by atoms with Crippen LogP contribution in [0.1, 0.15) is 109 Å². The van der Waals surface area contributed by atoms with Crippen LogP contribution in [0.15, 0.2) is 27.7 Å². The van der Waals surface area contributed by atoms with Crippen LogP contribution < -0.4 is 5.73 Å². The molecule has 3 fully saturated rings. The van der Waals surface area contributed by atoms with Crippen molar-refractivity contribution in [3.8, 4) is 6.07 Å². The molecule has 212 valence electrons. The van der Waals surface area contributed by atoms with Gasteiger partial charge in [-0.15, -0.1) is 10.2 Å². The van der Waals surface area contributed by atoms with E-state index in [4.69, 9.17) is 10.2 Å². The first-order valence-electron chi connectivity index (χ1n) is 14.7. The molecule has 7 unspecified atom stereocenters. The number of hydrogen-bond acceptors (Lipinski definition) is 7. The van der Waals surface area contributed by atoms with Crippen LogP contribution in [0, 0.1) is 56.2 Å². The fourth-order valence-electron chi connectivity index (χ4n) is 10.3. The lowest BCUT2D eigenvalue weighted by molar-refractivity contribution is -0.163. The van der Waals surface area contributed by atoms with E-state index in [0.29, 0.717) is 5.89 Å². The molecule has 0 spiro atoms. The van der Waals surface area contributed by atoms with Crippen molar-refractivity contribution in [2.24, 2.45) is 50.6 Å². The van der Waals surface area contributed by atoms with Crippen LogP contribution in [0.2, 0.25) is 0 Å². The third-order valence-electron chi connectivity index (χ3n) is 12.8. The van der Waals surface area contributed by atoms with E-state index in [-0.39, 0.29) is 62.9 Å². The van der Waals surface area contributed by atoms with Crippen molar-refractivity contribution < 1.29 is 18.8 Å². The molecule has 40 heavy (non-hydrogen) atoms. The SMILES string of the molecule is CC12CCC(c3nnc(C(N)=O)o3)CC1C1C(=O)C=C3C4(C)C=C(C#N)C(=O)C(C)(C)C4CCC3(C)[C@]1(C)CC2. The molecule has 5 aliphatic carbocycles. The van der Waals surface area contributed by atoms with E-state index in [0.717, 1.165) is 50.5 Å². The van der Waals surface area contributed by atoms with Crippen LogP contribution in [-0.2, 0) is 9.59 Å². The number of nitriles is 1. The van der Waals surface area contributed by atoms with Gasteiger partial charge in [-0.3, -0.25) is 14.4 Å². The minimum absolute atomic E-state index is 0.0217. The molecule has 0 aromatic carbocycles. The van der Waals surface area contributed by atoms with Crippen molar-refractivity contribution in [1.82, 2.24) is 10.2 Å². The van der Waals surface area contributed by atoms with Crippen molar-refractivity contribution in [3.05, 3.63) is 35.1 Å². The number of carbonyl (C=O) groups excluding carboxylic acids is 3. The van der Waals surface area contributed by atoms with Gasteiger partial charge in [-0.05, 0) is 79.1 Å². The number of carbonyl (C=O) groups is 3. The molecule has 0 saturated heterocycles. The highest BCUT2D eigenvalue weighted by molar-refractivity contribution is 6.04.